The second kappa shape index (κ2) is 4.79. The second-order valence-corrected chi connectivity index (χ2v) is 4.71. The van der Waals surface area contributed by atoms with Gasteiger partial charge in [0, 0.05) is 10.5 Å². The Balaban J connectivity index is 2.30. The molecule has 0 saturated heterocycles. The molecule has 0 aliphatic heterocycles. The van der Waals surface area contributed by atoms with E-state index in [2.05, 4.69) is 41.1 Å². The lowest BCUT2D eigenvalue weighted by Gasteiger charge is -2.06. The van der Waals surface area contributed by atoms with Crippen LogP contribution in [0.3, 0.4) is 0 Å². The van der Waals surface area contributed by atoms with E-state index in [4.69, 9.17) is 0 Å². The maximum absolute atomic E-state index is 13.0. The van der Waals surface area contributed by atoms with Gasteiger partial charge in [0.2, 0.25) is 0 Å². The predicted molar refractivity (Wildman–Crippen MR) is 66.9 cm³/mol. The first kappa shape index (κ1) is 11.3. The van der Waals surface area contributed by atoms with Gasteiger partial charge in [-0.05, 0) is 48.2 Å². The summed E-state index contributed by atoms with van der Waals surface area (Å²) in [6.45, 7) is 2.06. The highest BCUT2D eigenvalue weighted by Crippen LogP contribution is 2.19. The van der Waals surface area contributed by atoms with E-state index in [0.29, 0.717) is 0 Å². The van der Waals surface area contributed by atoms with Gasteiger partial charge in [-0.15, -0.1) is 0 Å². The lowest BCUT2D eigenvalue weighted by Crippen LogP contribution is -1.92. The van der Waals surface area contributed by atoms with Crippen molar-refractivity contribution in [3.8, 4) is 0 Å². The molecule has 0 unspecified atom stereocenters. The molecule has 0 aliphatic rings. The van der Waals surface area contributed by atoms with Crippen LogP contribution < -0.4 is 0 Å². The lowest BCUT2D eigenvalue weighted by molar-refractivity contribution is 0.623. The summed E-state index contributed by atoms with van der Waals surface area (Å²) in [5.74, 6) is -0.301. The zero-order valence-corrected chi connectivity index (χ0v) is 10.5. The summed E-state index contributed by atoms with van der Waals surface area (Å²) >= 11 is 3.44. The Kier molecular flexibility index (Phi) is 3.39. The molecule has 1 radical (unpaired) electrons. The van der Waals surface area contributed by atoms with Crippen LogP contribution in [0, 0.1) is 18.8 Å². The molecule has 81 valence electrons. The summed E-state index contributed by atoms with van der Waals surface area (Å²) in [5.41, 5.74) is 3.40. The van der Waals surface area contributed by atoms with Gasteiger partial charge in [0.05, 0.1) is 0 Å². The third kappa shape index (κ3) is 2.70. The van der Waals surface area contributed by atoms with Crippen molar-refractivity contribution in [3.05, 3.63) is 69.4 Å². The highest BCUT2D eigenvalue weighted by molar-refractivity contribution is 9.10. The minimum absolute atomic E-state index is 0.301. The van der Waals surface area contributed by atoms with E-state index in [0.717, 1.165) is 16.5 Å². The van der Waals surface area contributed by atoms with Crippen LogP contribution in [0.4, 0.5) is 4.39 Å². The molecule has 2 rings (SSSR count). The highest BCUT2D eigenvalue weighted by Gasteiger charge is 2.02. The number of aryl methyl sites for hydroxylation is 1. The minimum Gasteiger partial charge on any atom is -0.206 e. The van der Waals surface area contributed by atoms with Crippen LogP contribution in [0.2, 0.25) is 0 Å². The van der Waals surface area contributed by atoms with Gasteiger partial charge < -0.3 is 0 Å². The fraction of sp³-hybridized carbons (Fsp3) is 0.143. The summed E-state index contributed by atoms with van der Waals surface area (Å²) in [5, 5.41) is 0. The van der Waals surface area contributed by atoms with Crippen molar-refractivity contribution in [3.63, 3.8) is 0 Å². The molecular weight excluding hydrogens is 267 g/mol. The summed E-state index contributed by atoms with van der Waals surface area (Å²) in [6, 6.07) is 13.7. The van der Waals surface area contributed by atoms with Crippen LogP contribution in [-0.4, -0.2) is 0 Å². The van der Waals surface area contributed by atoms with Crippen LogP contribution >= 0.6 is 15.9 Å². The first-order valence-electron chi connectivity index (χ1n) is 5.06. The Hall–Kier alpha value is -1.15. The maximum Gasteiger partial charge on any atom is 0.131 e. The number of benzene rings is 2. The quantitative estimate of drug-likeness (QED) is 0.768. The Bertz CT molecular complexity index is 506. The SMILES string of the molecule is Cc1ccc(Br)cc1Cc1cc[c]c(F)c1. The topological polar surface area (TPSA) is 0 Å². The summed E-state index contributed by atoms with van der Waals surface area (Å²) < 4.78 is 14.0. The molecule has 2 heteroatoms. The standard InChI is InChI=1S/C14H11BrF/c1-10-5-6-13(15)9-12(10)7-11-3-2-4-14(16)8-11/h2-3,5-6,8-9H,7H2,1H3. The van der Waals surface area contributed by atoms with E-state index in [1.165, 1.54) is 17.2 Å². The van der Waals surface area contributed by atoms with Crippen molar-refractivity contribution in [1.82, 2.24) is 0 Å². The smallest absolute Gasteiger partial charge is 0.131 e. The lowest BCUT2D eigenvalue weighted by atomic mass is 10.0. The van der Waals surface area contributed by atoms with Gasteiger partial charge in [-0.2, -0.15) is 0 Å². The van der Waals surface area contributed by atoms with Crippen LogP contribution in [0.15, 0.2) is 40.9 Å². The Labute approximate surface area is 103 Å². The molecule has 0 aromatic heterocycles. The van der Waals surface area contributed by atoms with E-state index < -0.39 is 0 Å². The van der Waals surface area contributed by atoms with Crippen molar-refractivity contribution in [2.45, 2.75) is 13.3 Å². The molecule has 0 aliphatic carbocycles. The average Bonchev–Trinajstić information content (AvgIpc) is 2.24. The molecular formula is C14H11BrF. The molecule has 0 N–H and O–H groups in total. The molecule has 0 heterocycles. The van der Waals surface area contributed by atoms with Crippen molar-refractivity contribution >= 4 is 15.9 Å². The van der Waals surface area contributed by atoms with Gasteiger partial charge >= 0.3 is 0 Å². The van der Waals surface area contributed by atoms with Gasteiger partial charge in [-0.1, -0.05) is 34.1 Å². The monoisotopic (exact) mass is 277 g/mol. The van der Waals surface area contributed by atoms with Crippen LogP contribution in [0.1, 0.15) is 16.7 Å². The van der Waals surface area contributed by atoms with E-state index in [9.17, 15) is 4.39 Å². The zero-order chi connectivity index (χ0) is 11.5. The second-order valence-electron chi connectivity index (χ2n) is 3.79. The Morgan fingerprint density at radius 3 is 2.81 bits per heavy atom. The first-order valence-corrected chi connectivity index (χ1v) is 5.85. The van der Waals surface area contributed by atoms with Gasteiger partial charge in [0.1, 0.15) is 5.82 Å². The van der Waals surface area contributed by atoms with Gasteiger partial charge in [0.15, 0.2) is 0 Å². The molecule has 0 atom stereocenters. The molecule has 0 amide bonds. The van der Waals surface area contributed by atoms with Gasteiger partial charge in [-0.3, -0.25) is 0 Å². The molecule has 16 heavy (non-hydrogen) atoms. The fourth-order valence-electron chi connectivity index (χ4n) is 1.64. The fourth-order valence-corrected chi connectivity index (χ4v) is 2.05. The van der Waals surface area contributed by atoms with E-state index in [1.54, 1.807) is 6.07 Å². The van der Waals surface area contributed by atoms with Gasteiger partial charge in [0.25, 0.3) is 0 Å². The summed E-state index contributed by atoms with van der Waals surface area (Å²) in [4.78, 5) is 0. The van der Waals surface area contributed by atoms with Crippen LogP contribution in [0.5, 0.6) is 0 Å². The van der Waals surface area contributed by atoms with Crippen molar-refractivity contribution in [1.29, 1.82) is 0 Å². The maximum atomic E-state index is 13.0. The molecule has 0 spiro atoms. The minimum atomic E-state index is -0.301. The third-order valence-electron chi connectivity index (χ3n) is 2.54. The third-order valence-corrected chi connectivity index (χ3v) is 3.03. The van der Waals surface area contributed by atoms with Crippen molar-refractivity contribution < 1.29 is 4.39 Å². The molecule has 2 aromatic rings. The molecule has 0 saturated carbocycles. The summed E-state index contributed by atoms with van der Waals surface area (Å²) in [7, 11) is 0. The van der Waals surface area contributed by atoms with Crippen molar-refractivity contribution in [2.24, 2.45) is 0 Å². The number of halogens is 2. The largest absolute Gasteiger partial charge is 0.206 e. The van der Waals surface area contributed by atoms with E-state index >= 15 is 0 Å². The predicted octanol–water partition coefficient (Wildman–Crippen LogP) is 4.29. The first-order chi connectivity index (χ1) is 7.65. The van der Waals surface area contributed by atoms with Gasteiger partial charge in [-0.25, -0.2) is 4.39 Å². The normalized spacial score (nSPS) is 10.4. The number of rotatable bonds is 2. The van der Waals surface area contributed by atoms with Crippen LogP contribution in [0.25, 0.3) is 0 Å². The Morgan fingerprint density at radius 2 is 2.06 bits per heavy atom. The van der Waals surface area contributed by atoms with E-state index in [1.807, 2.05) is 12.1 Å². The molecule has 0 fully saturated rings. The zero-order valence-electron chi connectivity index (χ0n) is 8.93. The van der Waals surface area contributed by atoms with Crippen molar-refractivity contribution in [2.75, 3.05) is 0 Å². The highest BCUT2D eigenvalue weighted by atomic mass is 79.9. The molecule has 0 nitrogen and oxygen atoms in total. The summed E-state index contributed by atoms with van der Waals surface area (Å²) in [6.07, 6.45) is 0.747. The average molecular weight is 278 g/mol. The molecule has 0 bridgehead atoms. The Morgan fingerprint density at radius 1 is 1.25 bits per heavy atom. The number of hydrogen-bond acceptors (Lipinski definition) is 0. The van der Waals surface area contributed by atoms with E-state index in [-0.39, 0.29) is 5.82 Å². The number of hydrogen-bond donors (Lipinski definition) is 0. The molecule has 2 aromatic carbocycles. The van der Waals surface area contributed by atoms with Crippen LogP contribution in [-0.2, 0) is 6.42 Å².